The van der Waals surface area contributed by atoms with Crippen molar-refractivity contribution in [1.29, 1.82) is 0 Å². The maximum Gasteiger partial charge on any atom is 0.256 e. The van der Waals surface area contributed by atoms with Gasteiger partial charge in [-0.25, -0.2) is 19.9 Å². The van der Waals surface area contributed by atoms with Gasteiger partial charge in [0.2, 0.25) is 0 Å². The van der Waals surface area contributed by atoms with Crippen LogP contribution >= 0.6 is 0 Å². The molecule has 0 spiro atoms. The van der Waals surface area contributed by atoms with Crippen LogP contribution in [0.2, 0.25) is 0 Å². The van der Waals surface area contributed by atoms with Crippen LogP contribution in [0.15, 0.2) is 48.9 Å². The Kier molecular flexibility index (Phi) is 5.10. The van der Waals surface area contributed by atoms with E-state index in [1.807, 2.05) is 43.1 Å². The second kappa shape index (κ2) is 8.06. The van der Waals surface area contributed by atoms with Gasteiger partial charge in [0, 0.05) is 36.9 Å². The molecule has 1 saturated carbocycles. The van der Waals surface area contributed by atoms with Crippen molar-refractivity contribution in [2.75, 3.05) is 11.9 Å². The molecular weight excluding hydrogens is 388 g/mol. The number of piperidine rings is 2. The lowest BCUT2D eigenvalue weighted by atomic mass is 9.76. The molecule has 3 aromatic heterocycles. The second-order valence-corrected chi connectivity index (χ2v) is 8.60. The van der Waals surface area contributed by atoms with Gasteiger partial charge in [-0.15, -0.1) is 0 Å². The zero-order valence-corrected chi connectivity index (χ0v) is 17.8. The van der Waals surface area contributed by atoms with Gasteiger partial charge in [0.1, 0.15) is 11.5 Å². The minimum atomic E-state index is 0.00742. The number of carbonyl (C=O) groups is 1. The van der Waals surface area contributed by atoms with Gasteiger partial charge in [-0.1, -0.05) is 6.07 Å². The summed E-state index contributed by atoms with van der Waals surface area (Å²) in [6.07, 6.45) is 8.45. The topological polar surface area (TPSA) is 83.9 Å². The molecule has 3 fully saturated rings. The van der Waals surface area contributed by atoms with Crippen molar-refractivity contribution in [3.8, 4) is 11.5 Å². The van der Waals surface area contributed by atoms with Gasteiger partial charge in [0.25, 0.3) is 5.91 Å². The van der Waals surface area contributed by atoms with E-state index in [9.17, 15) is 4.79 Å². The van der Waals surface area contributed by atoms with E-state index in [1.54, 1.807) is 18.5 Å². The summed E-state index contributed by atoms with van der Waals surface area (Å²) in [5.74, 6) is 1.85. The van der Waals surface area contributed by atoms with E-state index in [4.69, 9.17) is 0 Å². The van der Waals surface area contributed by atoms with E-state index in [0.29, 0.717) is 23.0 Å². The lowest BCUT2D eigenvalue weighted by Crippen LogP contribution is -2.59. The number of aromatic nitrogens is 4. The minimum Gasteiger partial charge on any atom is -0.365 e. The first-order chi connectivity index (χ1) is 15.1. The van der Waals surface area contributed by atoms with Crippen molar-refractivity contribution in [3.63, 3.8) is 0 Å². The molecule has 3 aromatic rings. The van der Waals surface area contributed by atoms with Crippen molar-refractivity contribution in [3.05, 3.63) is 65.7 Å². The van der Waals surface area contributed by atoms with Gasteiger partial charge in [0.15, 0.2) is 5.82 Å². The molecule has 2 bridgehead atoms. The van der Waals surface area contributed by atoms with Crippen molar-refractivity contribution >= 4 is 11.7 Å². The maximum absolute atomic E-state index is 13.7. The number of amides is 1. The molecule has 2 aliphatic heterocycles. The molecule has 2 saturated heterocycles. The third kappa shape index (κ3) is 3.87. The molecule has 158 valence electrons. The Balaban J connectivity index is 1.44. The summed E-state index contributed by atoms with van der Waals surface area (Å²) in [7, 11) is 0. The third-order valence-corrected chi connectivity index (χ3v) is 6.33. The second-order valence-electron chi connectivity index (χ2n) is 8.60. The van der Waals surface area contributed by atoms with Crippen LogP contribution in [0.5, 0.6) is 0 Å². The number of nitrogens with one attached hydrogen (secondary N) is 1. The van der Waals surface area contributed by atoms with Gasteiger partial charge < -0.3 is 10.2 Å². The van der Waals surface area contributed by atoms with Crippen molar-refractivity contribution in [2.24, 2.45) is 5.92 Å². The largest absolute Gasteiger partial charge is 0.365 e. The quantitative estimate of drug-likeness (QED) is 0.701. The number of carbonyl (C=O) groups excluding carboxylic acids is 1. The van der Waals surface area contributed by atoms with Gasteiger partial charge in [-0.3, -0.25) is 4.79 Å². The lowest BCUT2D eigenvalue weighted by Gasteiger charge is -2.50. The fourth-order valence-electron chi connectivity index (χ4n) is 4.80. The van der Waals surface area contributed by atoms with Crippen LogP contribution in [0.4, 0.5) is 5.82 Å². The SMILES string of the molecule is Cc1ccc(NC2CC3CCC2N(C(=O)c2ccc(C)nc2-c2ncccn2)C3)nc1. The highest BCUT2D eigenvalue weighted by Crippen LogP contribution is 2.38. The molecule has 1 N–H and O–H groups in total. The smallest absolute Gasteiger partial charge is 0.256 e. The van der Waals surface area contributed by atoms with E-state index in [2.05, 4.69) is 31.3 Å². The Bertz CT molecular complexity index is 1080. The van der Waals surface area contributed by atoms with Crippen molar-refractivity contribution in [1.82, 2.24) is 24.8 Å². The summed E-state index contributed by atoms with van der Waals surface area (Å²) in [5, 5.41) is 3.59. The standard InChI is InChI=1S/C24H26N6O/c1-15-4-9-21(27-13-15)29-19-12-17-6-8-20(19)30(14-17)24(31)18-7-5-16(2)28-22(18)23-25-10-3-11-26-23/h3-5,7,9-11,13,17,19-20H,6,8,12,14H2,1-2H3,(H,27,29). The van der Waals surface area contributed by atoms with Crippen LogP contribution in [-0.4, -0.2) is 49.4 Å². The predicted molar refractivity (Wildman–Crippen MR) is 119 cm³/mol. The van der Waals surface area contributed by atoms with Gasteiger partial charge in [-0.2, -0.15) is 0 Å². The molecule has 7 nitrogen and oxygen atoms in total. The van der Waals surface area contributed by atoms with Gasteiger partial charge >= 0.3 is 0 Å². The molecular formula is C24H26N6O. The Morgan fingerprint density at radius 2 is 1.90 bits per heavy atom. The fourth-order valence-corrected chi connectivity index (χ4v) is 4.80. The summed E-state index contributed by atoms with van der Waals surface area (Å²) in [6.45, 7) is 4.73. The van der Waals surface area contributed by atoms with Crippen LogP contribution in [0.1, 0.15) is 40.9 Å². The van der Waals surface area contributed by atoms with Crippen molar-refractivity contribution in [2.45, 2.75) is 45.2 Å². The van der Waals surface area contributed by atoms with Crippen LogP contribution in [0.3, 0.4) is 0 Å². The number of hydrogen-bond donors (Lipinski definition) is 1. The van der Waals surface area contributed by atoms with Gasteiger partial charge in [0.05, 0.1) is 11.6 Å². The lowest BCUT2D eigenvalue weighted by molar-refractivity contribution is 0.0282. The Morgan fingerprint density at radius 1 is 1.06 bits per heavy atom. The first-order valence-electron chi connectivity index (χ1n) is 10.8. The van der Waals surface area contributed by atoms with E-state index in [-0.39, 0.29) is 18.0 Å². The van der Waals surface area contributed by atoms with E-state index in [0.717, 1.165) is 42.9 Å². The molecule has 6 rings (SSSR count). The first-order valence-corrected chi connectivity index (χ1v) is 10.8. The van der Waals surface area contributed by atoms with Crippen molar-refractivity contribution < 1.29 is 4.79 Å². The van der Waals surface area contributed by atoms with Crippen LogP contribution in [0.25, 0.3) is 11.5 Å². The molecule has 3 unspecified atom stereocenters. The molecule has 31 heavy (non-hydrogen) atoms. The Labute approximate surface area is 182 Å². The highest BCUT2D eigenvalue weighted by molar-refractivity contribution is 5.99. The zero-order valence-electron chi connectivity index (χ0n) is 17.8. The number of anilines is 1. The molecule has 7 heteroatoms. The average Bonchev–Trinajstić information content (AvgIpc) is 2.81. The van der Waals surface area contributed by atoms with E-state index < -0.39 is 0 Å². The molecule has 0 aromatic carbocycles. The van der Waals surface area contributed by atoms with Gasteiger partial charge in [-0.05, 0) is 68.9 Å². The average molecular weight is 415 g/mol. The molecule has 1 aliphatic carbocycles. The molecule has 3 aliphatic rings. The first kappa shape index (κ1) is 19.6. The number of aryl methyl sites for hydroxylation is 2. The van der Waals surface area contributed by atoms with E-state index in [1.165, 1.54) is 0 Å². The molecule has 1 amide bonds. The fraction of sp³-hybridized carbons (Fsp3) is 0.375. The minimum absolute atomic E-state index is 0.00742. The Hall–Kier alpha value is -3.35. The summed E-state index contributed by atoms with van der Waals surface area (Å²) in [4.78, 5) is 33.6. The Morgan fingerprint density at radius 3 is 2.65 bits per heavy atom. The molecule has 5 heterocycles. The van der Waals surface area contributed by atoms with Crippen LogP contribution < -0.4 is 5.32 Å². The van der Waals surface area contributed by atoms with Crippen LogP contribution in [0, 0.1) is 19.8 Å². The number of nitrogens with zero attached hydrogens (tertiary/aromatic N) is 5. The van der Waals surface area contributed by atoms with E-state index >= 15 is 0 Å². The number of fused-ring (bicyclic) bond motifs is 3. The summed E-state index contributed by atoms with van der Waals surface area (Å²) >= 11 is 0. The summed E-state index contributed by atoms with van der Waals surface area (Å²) < 4.78 is 0. The zero-order chi connectivity index (χ0) is 21.4. The monoisotopic (exact) mass is 414 g/mol. The number of pyridine rings is 2. The predicted octanol–water partition coefficient (Wildman–Crippen LogP) is 3.66. The maximum atomic E-state index is 13.7. The number of rotatable bonds is 4. The highest BCUT2D eigenvalue weighted by Gasteiger charge is 2.43. The van der Waals surface area contributed by atoms with Crippen LogP contribution in [-0.2, 0) is 0 Å². The molecule has 0 radical (unpaired) electrons. The highest BCUT2D eigenvalue weighted by atomic mass is 16.2. The number of hydrogen-bond acceptors (Lipinski definition) is 6. The third-order valence-electron chi connectivity index (χ3n) is 6.33. The normalized spacial score (nSPS) is 22.4. The summed E-state index contributed by atoms with van der Waals surface area (Å²) in [5.41, 5.74) is 3.09. The summed E-state index contributed by atoms with van der Waals surface area (Å²) in [6, 6.07) is 9.91. The molecule has 3 atom stereocenters.